The molecule has 1 heterocycles. The summed E-state index contributed by atoms with van der Waals surface area (Å²) in [6.07, 6.45) is 0. The molecule has 0 fully saturated rings. The van der Waals surface area contributed by atoms with E-state index in [1.807, 2.05) is 39.0 Å². The monoisotopic (exact) mass is 709 g/mol. The number of rotatable bonds is 9. The summed E-state index contributed by atoms with van der Waals surface area (Å²) >= 11 is 11.2. The first-order valence-electron chi connectivity index (χ1n) is 11.9. The molecular formula is C27H25BrIN3O5S. The number of amides is 1. The normalized spacial score (nSPS) is 10.8. The Bertz CT molecular complexity index is 1470. The molecule has 0 saturated carbocycles. The van der Waals surface area contributed by atoms with Crippen molar-refractivity contribution < 1.29 is 23.4 Å². The van der Waals surface area contributed by atoms with Crippen LogP contribution in [0.25, 0.3) is 22.6 Å². The molecule has 4 aromatic rings. The van der Waals surface area contributed by atoms with Gasteiger partial charge < -0.3 is 23.9 Å². The van der Waals surface area contributed by atoms with E-state index in [0.29, 0.717) is 65.3 Å². The highest BCUT2D eigenvalue weighted by Crippen LogP contribution is 2.39. The molecule has 11 heteroatoms. The lowest BCUT2D eigenvalue weighted by molar-refractivity contribution is 0.0976. The third kappa shape index (κ3) is 6.56. The van der Waals surface area contributed by atoms with E-state index in [-0.39, 0.29) is 5.11 Å². The van der Waals surface area contributed by atoms with Crippen LogP contribution in [0, 0.1) is 3.57 Å². The lowest BCUT2D eigenvalue weighted by Crippen LogP contribution is -2.34. The standard InChI is InChI=1S/C27H25BrIN3O5S/c1-4-34-22-11-15(12-23(35-5-2)24(22)36-6-3)25(33)32-27(38)30-17-8-10-21-20(14-17)31-26(37-21)18-13-16(29)7-9-19(18)28/h7-14H,4-6H2,1-3H3,(H2,30,32,33,38). The van der Waals surface area contributed by atoms with Crippen molar-refractivity contribution in [3.8, 4) is 28.7 Å². The summed E-state index contributed by atoms with van der Waals surface area (Å²) in [4.78, 5) is 17.7. The number of fused-ring (bicyclic) bond motifs is 1. The van der Waals surface area contributed by atoms with E-state index in [2.05, 4.69) is 54.1 Å². The lowest BCUT2D eigenvalue weighted by Gasteiger charge is -2.17. The Morgan fingerprint density at radius 3 is 2.34 bits per heavy atom. The molecule has 0 atom stereocenters. The van der Waals surface area contributed by atoms with Gasteiger partial charge in [-0.05, 0) is 120 Å². The quantitative estimate of drug-likeness (QED) is 0.139. The molecule has 198 valence electrons. The molecule has 0 bridgehead atoms. The number of hydrogen-bond acceptors (Lipinski definition) is 7. The van der Waals surface area contributed by atoms with Gasteiger partial charge in [0.05, 0.1) is 25.4 Å². The number of oxazole rings is 1. The zero-order chi connectivity index (χ0) is 27.2. The average molecular weight is 710 g/mol. The van der Waals surface area contributed by atoms with E-state index in [1.54, 1.807) is 30.3 Å². The number of halogens is 2. The van der Waals surface area contributed by atoms with E-state index in [1.165, 1.54) is 0 Å². The van der Waals surface area contributed by atoms with E-state index < -0.39 is 5.91 Å². The maximum Gasteiger partial charge on any atom is 0.257 e. The van der Waals surface area contributed by atoms with Crippen molar-refractivity contribution in [1.29, 1.82) is 0 Å². The van der Waals surface area contributed by atoms with Crippen molar-refractivity contribution in [2.45, 2.75) is 20.8 Å². The highest BCUT2D eigenvalue weighted by Gasteiger charge is 2.19. The molecule has 2 N–H and O–H groups in total. The van der Waals surface area contributed by atoms with Crippen molar-refractivity contribution in [3.63, 3.8) is 0 Å². The average Bonchev–Trinajstić information content (AvgIpc) is 3.30. The zero-order valence-corrected chi connectivity index (χ0v) is 25.5. The fourth-order valence-electron chi connectivity index (χ4n) is 3.64. The Hall–Kier alpha value is -2.90. The van der Waals surface area contributed by atoms with Gasteiger partial charge in [-0.2, -0.15) is 0 Å². The number of carbonyl (C=O) groups is 1. The lowest BCUT2D eigenvalue weighted by atomic mass is 10.1. The molecular weight excluding hydrogens is 685 g/mol. The summed E-state index contributed by atoms with van der Waals surface area (Å²) in [5, 5.41) is 5.87. The molecule has 0 spiro atoms. The highest BCUT2D eigenvalue weighted by atomic mass is 127. The highest BCUT2D eigenvalue weighted by molar-refractivity contribution is 14.1. The molecule has 1 aromatic heterocycles. The molecule has 0 aliphatic rings. The second-order valence-electron chi connectivity index (χ2n) is 7.83. The molecule has 0 aliphatic heterocycles. The fraction of sp³-hybridized carbons (Fsp3) is 0.222. The number of aromatic nitrogens is 1. The first-order valence-corrected chi connectivity index (χ1v) is 14.2. The van der Waals surface area contributed by atoms with E-state index in [9.17, 15) is 4.79 Å². The number of thiocarbonyl (C=S) groups is 1. The van der Waals surface area contributed by atoms with Crippen molar-refractivity contribution in [2.24, 2.45) is 0 Å². The SMILES string of the molecule is CCOc1cc(C(=O)NC(=S)Nc2ccc3oc(-c4cc(I)ccc4Br)nc3c2)cc(OCC)c1OCC. The minimum absolute atomic E-state index is 0.128. The smallest absolute Gasteiger partial charge is 0.257 e. The third-order valence-electron chi connectivity index (χ3n) is 5.20. The van der Waals surface area contributed by atoms with Gasteiger partial charge in [-0.15, -0.1) is 0 Å². The molecule has 0 saturated heterocycles. The molecule has 3 aromatic carbocycles. The van der Waals surface area contributed by atoms with Crippen LogP contribution in [0.15, 0.2) is 57.4 Å². The second-order valence-corrected chi connectivity index (χ2v) is 10.3. The van der Waals surface area contributed by atoms with Crippen LogP contribution in [0.2, 0.25) is 0 Å². The van der Waals surface area contributed by atoms with Crippen molar-refractivity contribution in [1.82, 2.24) is 10.3 Å². The second kappa shape index (κ2) is 12.8. The van der Waals surface area contributed by atoms with E-state index in [0.717, 1.165) is 13.6 Å². The molecule has 0 unspecified atom stereocenters. The summed E-state index contributed by atoms with van der Waals surface area (Å²) in [7, 11) is 0. The summed E-state index contributed by atoms with van der Waals surface area (Å²) < 4.78 is 25.0. The number of nitrogens with zero attached hydrogens (tertiary/aromatic N) is 1. The fourth-order valence-corrected chi connectivity index (χ4v) is 4.76. The summed E-state index contributed by atoms with van der Waals surface area (Å²) in [5.41, 5.74) is 3.12. The van der Waals surface area contributed by atoms with E-state index in [4.69, 9.17) is 30.8 Å². The Kier molecular flexibility index (Phi) is 9.44. The van der Waals surface area contributed by atoms with Gasteiger partial charge in [0.15, 0.2) is 22.2 Å². The summed E-state index contributed by atoms with van der Waals surface area (Å²) in [6.45, 7) is 6.83. The number of benzene rings is 3. The van der Waals surface area contributed by atoms with Gasteiger partial charge in [0.2, 0.25) is 11.6 Å². The minimum atomic E-state index is -0.416. The minimum Gasteiger partial charge on any atom is -0.490 e. The van der Waals surface area contributed by atoms with Gasteiger partial charge in [-0.25, -0.2) is 4.98 Å². The molecule has 1 amide bonds. The van der Waals surface area contributed by atoms with E-state index >= 15 is 0 Å². The summed E-state index contributed by atoms with van der Waals surface area (Å²) in [5.74, 6) is 1.41. The number of carbonyl (C=O) groups excluding carboxylic acids is 1. The van der Waals surface area contributed by atoms with Gasteiger partial charge in [0.25, 0.3) is 5.91 Å². The predicted octanol–water partition coefficient (Wildman–Crippen LogP) is 7.18. The Morgan fingerprint density at radius 1 is 1.00 bits per heavy atom. The van der Waals surface area contributed by atoms with Crippen LogP contribution in [-0.4, -0.2) is 35.8 Å². The van der Waals surface area contributed by atoms with Gasteiger partial charge >= 0.3 is 0 Å². The number of hydrogen-bond donors (Lipinski definition) is 2. The zero-order valence-electron chi connectivity index (χ0n) is 20.9. The van der Waals surface area contributed by atoms with Gasteiger partial charge in [0, 0.05) is 19.3 Å². The van der Waals surface area contributed by atoms with Crippen molar-refractivity contribution in [3.05, 3.63) is 62.1 Å². The van der Waals surface area contributed by atoms with Crippen LogP contribution in [0.3, 0.4) is 0 Å². The Balaban J connectivity index is 1.51. The van der Waals surface area contributed by atoms with Crippen LogP contribution in [0.5, 0.6) is 17.2 Å². The maximum absolute atomic E-state index is 13.0. The molecule has 0 aliphatic carbocycles. The summed E-state index contributed by atoms with van der Waals surface area (Å²) in [6, 6.07) is 14.6. The number of nitrogens with one attached hydrogen (secondary N) is 2. The maximum atomic E-state index is 13.0. The van der Waals surface area contributed by atoms with Crippen LogP contribution in [0.1, 0.15) is 31.1 Å². The first-order chi connectivity index (χ1) is 18.3. The van der Waals surface area contributed by atoms with Gasteiger partial charge in [-0.3, -0.25) is 10.1 Å². The predicted molar refractivity (Wildman–Crippen MR) is 163 cm³/mol. The van der Waals surface area contributed by atoms with Gasteiger partial charge in [0.1, 0.15) is 5.52 Å². The van der Waals surface area contributed by atoms with Crippen molar-refractivity contribution >= 4 is 78.5 Å². The molecule has 0 radical (unpaired) electrons. The molecule has 8 nitrogen and oxygen atoms in total. The first kappa shape index (κ1) is 28.1. The van der Waals surface area contributed by atoms with Crippen LogP contribution >= 0.6 is 50.7 Å². The van der Waals surface area contributed by atoms with Crippen LogP contribution < -0.4 is 24.8 Å². The Morgan fingerprint density at radius 2 is 1.68 bits per heavy atom. The van der Waals surface area contributed by atoms with Crippen LogP contribution in [0.4, 0.5) is 5.69 Å². The Labute approximate surface area is 247 Å². The third-order valence-corrected chi connectivity index (χ3v) is 6.77. The molecule has 38 heavy (non-hydrogen) atoms. The van der Waals surface area contributed by atoms with Crippen molar-refractivity contribution in [2.75, 3.05) is 25.1 Å². The molecule has 4 rings (SSSR count). The van der Waals surface area contributed by atoms with Gasteiger partial charge in [-0.1, -0.05) is 0 Å². The topological polar surface area (TPSA) is 94.9 Å². The van der Waals surface area contributed by atoms with Crippen LogP contribution in [-0.2, 0) is 0 Å². The number of ether oxygens (including phenoxy) is 3. The largest absolute Gasteiger partial charge is 0.490 e. The number of anilines is 1.